The van der Waals surface area contributed by atoms with Crippen LogP contribution < -0.4 is 19.1 Å². The Balaban J connectivity index is 1.51. The van der Waals surface area contributed by atoms with E-state index in [1.807, 2.05) is 12.1 Å². The first kappa shape index (κ1) is 20.8. The number of piperazine rings is 1. The molecule has 0 radical (unpaired) electrons. The summed E-state index contributed by atoms with van der Waals surface area (Å²) in [7, 11) is 4.96. The minimum absolute atomic E-state index is 0.342. The zero-order valence-corrected chi connectivity index (χ0v) is 17.6. The molecular formula is C22H35N2O4+. The predicted octanol–water partition coefficient (Wildman–Crippen LogP) is 1.91. The fraction of sp³-hybridized carbons (Fsp3) is 0.682. The van der Waals surface area contributed by atoms with Crippen molar-refractivity contribution in [2.45, 2.75) is 45.1 Å². The van der Waals surface area contributed by atoms with Crippen molar-refractivity contribution >= 4 is 5.91 Å². The first-order valence-corrected chi connectivity index (χ1v) is 10.5. The SMILES string of the molecule is COc1cc(OC)c(OC)cc1C[NH+]1CCN(C(=O)CCC2CCCC2)CC1. The summed E-state index contributed by atoms with van der Waals surface area (Å²) in [5.74, 6) is 3.34. The molecule has 1 aromatic carbocycles. The fourth-order valence-electron chi connectivity index (χ4n) is 4.53. The zero-order valence-electron chi connectivity index (χ0n) is 17.6. The van der Waals surface area contributed by atoms with Crippen LogP contribution >= 0.6 is 0 Å². The molecule has 6 nitrogen and oxygen atoms in total. The van der Waals surface area contributed by atoms with E-state index in [-0.39, 0.29) is 0 Å². The quantitative estimate of drug-likeness (QED) is 0.736. The van der Waals surface area contributed by atoms with E-state index in [1.54, 1.807) is 21.3 Å². The Labute approximate surface area is 168 Å². The number of benzene rings is 1. The monoisotopic (exact) mass is 391 g/mol. The van der Waals surface area contributed by atoms with Crippen molar-refractivity contribution in [2.24, 2.45) is 5.92 Å². The van der Waals surface area contributed by atoms with E-state index in [2.05, 4.69) is 4.90 Å². The molecule has 28 heavy (non-hydrogen) atoms. The van der Waals surface area contributed by atoms with Gasteiger partial charge < -0.3 is 24.0 Å². The summed E-state index contributed by atoms with van der Waals surface area (Å²) in [6, 6.07) is 3.89. The Hall–Kier alpha value is -1.95. The second-order valence-electron chi connectivity index (χ2n) is 8.02. The van der Waals surface area contributed by atoms with Crippen LogP contribution in [0.15, 0.2) is 12.1 Å². The van der Waals surface area contributed by atoms with Crippen LogP contribution in [0.5, 0.6) is 17.2 Å². The van der Waals surface area contributed by atoms with Crippen LogP contribution in [0.2, 0.25) is 0 Å². The molecule has 2 aliphatic rings. The van der Waals surface area contributed by atoms with Gasteiger partial charge in [0.1, 0.15) is 12.3 Å². The van der Waals surface area contributed by atoms with Gasteiger partial charge in [0, 0.05) is 12.5 Å². The smallest absolute Gasteiger partial charge is 0.222 e. The number of quaternary nitrogens is 1. The molecule has 156 valence electrons. The lowest BCUT2D eigenvalue weighted by molar-refractivity contribution is -0.917. The summed E-state index contributed by atoms with van der Waals surface area (Å²) in [4.78, 5) is 16.1. The molecule has 1 aromatic rings. The summed E-state index contributed by atoms with van der Waals surface area (Å²) in [5, 5.41) is 0. The summed E-state index contributed by atoms with van der Waals surface area (Å²) < 4.78 is 16.4. The molecule has 1 heterocycles. The predicted molar refractivity (Wildman–Crippen MR) is 108 cm³/mol. The largest absolute Gasteiger partial charge is 0.496 e. The van der Waals surface area contributed by atoms with Crippen molar-refractivity contribution < 1.29 is 23.9 Å². The van der Waals surface area contributed by atoms with Crippen LogP contribution in [-0.4, -0.2) is 58.3 Å². The molecule has 0 bridgehead atoms. The highest BCUT2D eigenvalue weighted by atomic mass is 16.5. The van der Waals surface area contributed by atoms with Crippen molar-refractivity contribution in [3.63, 3.8) is 0 Å². The van der Waals surface area contributed by atoms with E-state index in [0.717, 1.165) is 68.5 Å². The van der Waals surface area contributed by atoms with E-state index in [0.29, 0.717) is 11.7 Å². The average Bonchev–Trinajstić information content (AvgIpc) is 3.25. The van der Waals surface area contributed by atoms with Gasteiger partial charge in [-0.15, -0.1) is 0 Å². The Morgan fingerprint density at radius 1 is 1.00 bits per heavy atom. The number of nitrogens with zero attached hydrogens (tertiary/aromatic N) is 1. The van der Waals surface area contributed by atoms with Crippen LogP contribution in [0.4, 0.5) is 0 Å². The normalized spacial score (nSPS) is 18.3. The summed E-state index contributed by atoms with van der Waals surface area (Å²) >= 11 is 0. The van der Waals surface area contributed by atoms with E-state index >= 15 is 0 Å². The Morgan fingerprint density at radius 2 is 1.61 bits per heavy atom. The topological polar surface area (TPSA) is 52.4 Å². The molecular weight excluding hydrogens is 356 g/mol. The number of carbonyl (C=O) groups excluding carboxylic acids is 1. The minimum Gasteiger partial charge on any atom is -0.496 e. The lowest BCUT2D eigenvalue weighted by Crippen LogP contribution is -3.13. The Morgan fingerprint density at radius 3 is 2.21 bits per heavy atom. The summed E-state index contributed by atoms with van der Waals surface area (Å²) in [6.07, 6.45) is 7.13. The minimum atomic E-state index is 0.342. The van der Waals surface area contributed by atoms with E-state index in [4.69, 9.17) is 14.2 Å². The number of carbonyl (C=O) groups is 1. The number of hydrogen-bond acceptors (Lipinski definition) is 4. The van der Waals surface area contributed by atoms with Gasteiger partial charge in [-0.1, -0.05) is 25.7 Å². The molecule has 0 atom stereocenters. The number of amides is 1. The molecule has 1 aliphatic heterocycles. The third kappa shape index (κ3) is 5.10. The maximum atomic E-state index is 12.5. The molecule has 1 N–H and O–H groups in total. The summed E-state index contributed by atoms with van der Waals surface area (Å²) in [6.45, 7) is 4.47. The highest BCUT2D eigenvalue weighted by Gasteiger charge is 2.26. The third-order valence-electron chi connectivity index (χ3n) is 6.29. The number of methoxy groups -OCH3 is 3. The molecule has 1 aliphatic carbocycles. The number of nitrogens with one attached hydrogen (secondary N) is 1. The van der Waals surface area contributed by atoms with Crippen LogP contribution in [0.25, 0.3) is 0 Å². The lowest BCUT2D eigenvalue weighted by atomic mass is 10.0. The highest BCUT2D eigenvalue weighted by molar-refractivity contribution is 5.76. The van der Waals surface area contributed by atoms with E-state index in [1.165, 1.54) is 30.6 Å². The van der Waals surface area contributed by atoms with Gasteiger partial charge in [-0.25, -0.2) is 0 Å². The van der Waals surface area contributed by atoms with Crippen LogP contribution in [-0.2, 0) is 11.3 Å². The van der Waals surface area contributed by atoms with Crippen molar-refractivity contribution in [2.75, 3.05) is 47.5 Å². The maximum Gasteiger partial charge on any atom is 0.222 e. The van der Waals surface area contributed by atoms with Gasteiger partial charge in [0.25, 0.3) is 0 Å². The first-order valence-electron chi connectivity index (χ1n) is 10.5. The van der Waals surface area contributed by atoms with Crippen molar-refractivity contribution in [3.8, 4) is 17.2 Å². The van der Waals surface area contributed by atoms with E-state index < -0.39 is 0 Å². The molecule has 3 rings (SSSR count). The molecule has 6 heteroatoms. The first-order chi connectivity index (χ1) is 13.6. The van der Waals surface area contributed by atoms with Gasteiger partial charge in [0.05, 0.1) is 53.1 Å². The molecule has 1 saturated carbocycles. The van der Waals surface area contributed by atoms with Crippen LogP contribution in [0.1, 0.15) is 44.1 Å². The van der Waals surface area contributed by atoms with Gasteiger partial charge in [0.15, 0.2) is 11.5 Å². The summed E-state index contributed by atoms with van der Waals surface area (Å²) in [5.41, 5.74) is 1.11. The van der Waals surface area contributed by atoms with Gasteiger partial charge in [-0.2, -0.15) is 0 Å². The second kappa shape index (κ2) is 10.0. The van der Waals surface area contributed by atoms with Crippen molar-refractivity contribution in [1.82, 2.24) is 4.90 Å². The number of ether oxygens (including phenoxy) is 3. The molecule has 0 unspecified atom stereocenters. The molecule has 1 amide bonds. The van der Waals surface area contributed by atoms with Gasteiger partial charge in [-0.3, -0.25) is 4.79 Å². The molecule has 0 aromatic heterocycles. The molecule has 1 saturated heterocycles. The Bertz CT molecular complexity index is 650. The standard InChI is InChI=1S/C22H34N2O4/c1-26-19-15-21(28-3)20(27-2)14-18(19)16-23-10-12-24(13-11-23)22(25)9-8-17-6-4-5-7-17/h14-15,17H,4-13,16H2,1-3H3/p+1. The van der Waals surface area contributed by atoms with Crippen LogP contribution in [0.3, 0.4) is 0 Å². The average molecular weight is 392 g/mol. The highest BCUT2D eigenvalue weighted by Crippen LogP contribution is 2.34. The number of rotatable bonds is 8. The fourth-order valence-corrected chi connectivity index (χ4v) is 4.53. The third-order valence-corrected chi connectivity index (χ3v) is 6.29. The lowest BCUT2D eigenvalue weighted by Gasteiger charge is -2.32. The van der Waals surface area contributed by atoms with E-state index in [9.17, 15) is 4.79 Å². The van der Waals surface area contributed by atoms with Crippen LogP contribution in [0, 0.1) is 5.92 Å². The molecule has 0 spiro atoms. The van der Waals surface area contributed by atoms with Crippen molar-refractivity contribution in [3.05, 3.63) is 17.7 Å². The zero-order chi connectivity index (χ0) is 19.9. The second-order valence-corrected chi connectivity index (χ2v) is 8.02. The molecule has 2 fully saturated rings. The van der Waals surface area contributed by atoms with Gasteiger partial charge >= 0.3 is 0 Å². The maximum absolute atomic E-state index is 12.5. The Kier molecular flexibility index (Phi) is 7.43. The van der Waals surface area contributed by atoms with Gasteiger partial charge in [0.2, 0.25) is 5.91 Å². The number of hydrogen-bond donors (Lipinski definition) is 1. The van der Waals surface area contributed by atoms with Crippen molar-refractivity contribution in [1.29, 1.82) is 0 Å². The van der Waals surface area contributed by atoms with Gasteiger partial charge in [-0.05, 0) is 18.4 Å².